The van der Waals surface area contributed by atoms with Gasteiger partial charge in [-0.25, -0.2) is 0 Å². The number of hydrogen-bond donors (Lipinski definition) is 0. The Morgan fingerprint density at radius 1 is 1.00 bits per heavy atom. The maximum Gasteiger partial charge on any atom is 0.213 e. The molecule has 4 nitrogen and oxygen atoms in total. The maximum atomic E-state index is 9.36. The molecule has 0 rings (SSSR count). The van der Waals surface area contributed by atoms with E-state index in [9.17, 15) is 8.42 Å². The SMILES string of the molecule is O=S=NSN=S=O. The molecule has 0 aromatic carbocycles. The minimum Gasteiger partial charge on any atom is -0.190 e. The monoisotopic (exact) mass is 156 g/mol. The molecule has 0 aliphatic carbocycles. The van der Waals surface area contributed by atoms with Crippen LogP contribution in [-0.2, 0) is 22.9 Å². The zero-order chi connectivity index (χ0) is 5.54. The Morgan fingerprint density at radius 2 is 1.43 bits per heavy atom. The maximum absolute atomic E-state index is 9.36. The summed E-state index contributed by atoms with van der Waals surface area (Å²) in [5, 5.41) is 0. The van der Waals surface area contributed by atoms with E-state index < -0.39 is 0 Å². The second-order valence-electron chi connectivity index (χ2n) is 0.380. The van der Waals surface area contributed by atoms with Crippen LogP contribution in [0, 0.1) is 0 Å². The molecule has 0 amide bonds. The summed E-state index contributed by atoms with van der Waals surface area (Å²) >= 11 is 0.671. The minimum absolute atomic E-state index is 0.0336. The summed E-state index contributed by atoms with van der Waals surface area (Å²) in [6, 6.07) is 0. The van der Waals surface area contributed by atoms with Gasteiger partial charge in [0.25, 0.3) is 0 Å². The molecule has 0 aliphatic rings. The largest absolute Gasteiger partial charge is 0.213 e. The van der Waals surface area contributed by atoms with Gasteiger partial charge in [-0.3, -0.25) is 0 Å². The molecule has 0 saturated carbocycles. The van der Waals surface area contributed by atoms with Crippen LogP contribution in [0.2, 0.25) is 0 Å². The van der Waals surface area contributed by atoms with Crippen molar-refractivity contribution < 1.29 is 8.42 Å². The topological polar surface area (TPSA) is 58.9 Å². The Bertz CT molecular complexity index is 114. The van der Waals surface area contributed by atoms with Gasteiger partial charge in [-0.15, -0.1) is 0 Å². The van der Waals surface area contributed by atoms with E-state index in [1.165, 1.54) is 0 Å². The second-order valence-corrected chi connectivity index (χ2v) is 2.03. The molecule has 0 bridgehead atoms. The van der Waals surface area contributed by atoms with Gasteiger partial charge in [0.2, 0.25) is 22.9 Å². The zero-order valence-corrected chi connectivity index (χ0v) is 5.39. The fourth-order valence-electron chi connectivity index (χ4n) is 0.0408. The summed E-state index contributed by atoms with van der Waals surface area (Å²) < 4.78 is 24.8. The molecule has 0 aromatic rings. The van der Waals surface area contributed by atoms with Gasteiger partial charge in [-0.05, 0) is 0 Å². The van der Waals surface area contributed by atoms with Crippen LogP contribution in [0.5, 0.6) is 0 Å². The summed E-state index contributed by atoms with van der Waals surface area (Å²) in [5.41, 5.74) is 0. The fraction of sp³-hybridized carbons (Fsp3) is 0. The molecule has 0 N–H and O–H groups in total. The molecular formula is N2O2S3. The van der Waals surface area contributed by atoms with E-state index in [2.05, 4.69) is 7.54 Å². The average Bonchev–Trinajstić information content (AvgIpc) is 1.69. The van der Waals surface area contributed by atoms with Crippen LogP contribution in [-0.4, -0.2) is 8.42 Å². The first-order chi connectivity index (χ1) is 3.41. The van der Waals surface area contributed by atoms with E-state index in [-0.39, 0.29) is 22.9 Å². The summed E-state index contributed by atoms with van der Waals surface area (Å²) in [6.45, 7) is 0. The molecule has 0 unspecified atom stereocenters. The van der Waals surface area contributed by atoms with Gasteiger partial charge in [0.05, 0.1) is 0 Å². The lowest BCUT2D eigenvalue weighted by molar-refractivity contribution is 0.698. The van der Waals surface area contributed by atoms with Crippen molar-refractivity contribution in [3.8, 4) is 0 Å². The van der Waals surface area contributed by atoms with Crippen LogP contribution < -0.4 is 0 Å². The van der Waals surface area contributed by atoms with Crippen LogP contribution >= 0.6 is 12.1 Å². The number of nitrogens with zero attached hydrogens (tertiary/aromatic N) is 2. The molecule has 0 radical (unpaired) electrons. The van der Waals surface area contributed by atoms with Gasteiger partial charge in [-0.1, -0.05) is 7.54 Å². The van der Waals surface area contributed by atoms with Gasteiger partial charge in [-0.2, -0.15) is 8.42 Å². The summed E-state index contributed by atoms with van der Waals surface area (Å²) in [4.78, 5) is 0. The van der Waals surface area contributed by atoms with Crippen molar-refractivity contribution in [3.63, 3.8) is 0 Å². The Kier molecular flexibility index (Phi) is 5.98. The molecule has 0 fully saturated rings. The molecule has 0 spiro atoms. The fourth-order valence-corrected chi connectivity index (χ4v) is 0.612. The Morgan fingerprint density at radius 3 is 1.71 bits per heavy atom. The van der Waals surface area contributed by atoms with Crippen molar-refractivity contribution in [2.24, 2.45) is 7.54 Å². The molecule has 0 saturated heterocycles. The Balaban J connectivity index is 3.33. The Labute approximate surface area is 51.5 Å². The molecule has 0 aromatic heterocycles. The van der Waals surface area contributed by atoms with E-state index in [1.54, 1.807) is 0 Å². The molecule has 7 heteroatoms. The Hall–Kier alpha value is -0.0100. The van der Waals surface area contributed by atoms with Crippen molar-refractivity contribution in [1.29, 1.82) is 0 Å². The molecule has 0 atom stereocenters. The van der Waals surface area contributed by atoms with E-state index in [1.807, 2.05) is 0 Å². The van der Waals surface area contributed by atoms with Gasteiger partial charge in [0.15, 0.2) is 0 Å². The van der Waals surface area contributed by atoms with Crippen LogP contribution in [0.4, 0.5) is 0 Å². The third-order valence-electron chi connectivity index (χ3n) is 0.128. The third kappa shape index (κ3) is 5.99. The third-order valence-corrected chi connectivity index (χ3v) is 1.15. The number of rotatable bonds is 2. The molecule has 7 heavy (non-hydrogen) atoms. The lowest BCUT2D eigenvalue weighted by Crippen LogP contribution is -1.37. The van der Waals surface area contributed by atoms with Crippen molar-refractivity contribution >= 4 is 35.1 Å². The van der Waals surface area contributed by atoms with Crippen molar-refractivity contribution in [2.45, 2.75) is 0 Å². The molecule has 40 valence electrons. The highest BCUT2D eigenvalue weighted by atomic mass is 32.2. The predicted molar refractivity (Wildman–Crippen MR) is 28.7 cm³/mol. The number of hydrogen-bond acceptors (Lipinski definition) is 5. The highest BCUT2D eigenvalue weighted by Gasteiger charge is 1.66. The first-order valence-corrected chi connectivity index (χ1v) is 3.19. The van der Waals surface area contributed by atoms with Crippen LogP contribution in [0.15, 0.2) is 7.54 Å². The highest BCUT2D eigenvalue weighted by Crippen LogP contribution is 1.98. The lowest BCUT2D eigenvalue weighted by Gasteiger charge is -1.59. The van der Waals surface area contributed by atoms with E-state index in [0.717, 1.165) is 0 Å². The normalized spacial score (nSPS) is 6.86. The van der Waals surface area contributed by atoms with Crippen LogP contribution in [0.1, 0.15) is 0 Å². The van der Waals surface area contributed by atoms with Gasteiger partial charge >= 0.3 is 0 Å². The molecular weight excluding hydrogens is 156 g/mol. The minimum atomic E-state index is 0.0336. The summed E-state index contributed by atoms with van der Waals surface area (Å²) in [7, 11) is 0. The second kappa shape index (κ2) is 5.99. The zero-order valence-electron chi connectivity index (χ0n) is 2.94. The summed E-state index contributed by atoms with van der Waals surface area (Å²) in [5.74, 6) is 0. The van der Waals surface area contributed by atoms with Gasteiger partial charge in [0, 0.05) is 0 Å². The first-order valence-electron chi connectivity index (χ1n) is 1.06. The van der Waals surface area contributed by atoms with Crippen molar-refractivity contribution in [3.05, 3.63) is 0 Å². The van der Waals surface area contributed by atoms with Gasteiger partial charge in [0.1, 0.15) is 12.1 Å². The van der Waals surface area contributed by atoms with Crippen molar-refractivity contribution in [2.75, 3.05) is 0 Å². The predicted octanol–water partition coefficient (Wildman–Crippen LogP) is 0.343. The van der Waals surface area contributed by atoms with E-state index >= 15 is 0 Å². The highest BCUT2D eigenvalue weighted by molar-refractivity contribution is 8.02. The van der Waals surface area contributed by atoms with Crippen molar-refractivity contribution in [1.82, 2.24) is 0 Å². The average molecular weight is 156 g/mol. The molecule has 0 heterocycles. The van der Waals surface area contributed by atoms with Gasteiger partial charge < -0.3 is 0 Å². The summed E-state index contributed by atoms with van der Waals surface area (Å²) in [6.07, 6.45) is 0. The standard InChI is InChI=1S/N2O2S3/c3-6-1-5-2-7-4. The van der Waals surface area contributed by atoms with E-state index in [0.29, 0.717) is 12.1 Å². The van der Waals surface area contributed by atoms with E-state index in [4.69, 9.17) is 0 Å². The smallest absolute Gasteiger partial charge is 0.190 e. The van der Waals surface area contributed by atoms with Crippen LogP contribution in [0.3, 0.4) is 0 Å². The quantitative estimate of drug-likeness (QED) is 0.542. The first kappa shape index (κ1) is 6.99. The molecule has 0 aliphatic heterocycles. The van der Waals surface area contributed by atoms with Crippen LogP contribution in [0.25, 0.3) is 0 Å². The lowest BCUT2D eigenvalue weighted by atomic mass is 13.9.